The molecule has 19 heavy (non-hydrogen) atoms. The molecule has 0 aliphatic carbocycles. The van der Waals surface area contributed by atoms with Gasteiger partial charge >= 0.3 is 0 Å². The first kappa shape index (κ1) is 13.7. The zero-order valence-electron chi connectivity index (χ0n) is 11.8. The van der Waals surface area contributed by atoms with Crippen molar-refractivity contribution in [2.24, 2.45) is 0 Å². The van der Waals surface area contributed by atoms with E-state index in [1.807, 2.05) is 12.1 Å². The Labute approximate surface area is 114 Å². The molecule has 2 heterocycles. The Morgan fingerprint density at radius 2 is 2.00 bits per heavy atom. The number of aromatic nitrogens is 3. The topological polar surface area (TPSA) is 53.9 Å². The molecule has 0 aromatic carbocycles. The first-order chi connectivity index (χ1) is 9.20. The highest BCUT2D eigenvalue weighted by atomic mass is 15.2. The highest BCUT2D eigenvalue weighted by Gasteiger charge is 2.07. The van der Waals surface area contributed by atoms with E-state index in [4.69, 9.17) is 0 Å². The van der Waals surface area contributed by atoms with Crippen LogP contribution in [0.5, 0.6) is 0 Å². The maximum atomic E-state index is 4.57. The van der Waals surface area contributed by atoms with E-state index in [1.54, 1.807) is 12.4 Å². The molecule has 0 saturated heterocycles. The second-order valence-corrected chi connectivity index (χ2v) is 4.76. The van der Waals surface area contributed by atoms with Gasteiger partial charge in [0.2, 0.25) is 0 Å². The molecule has 2 aromatic rings. The molecule has 0 spiro atoms. The predicted octanol–water partition coefficient (Wildman–Crippen LogP) is 1.85. The SMILES string of the molecule is CCN(CCNC(C)C)c1ccc2nccnc2n1. The lowest BCUT2D eigenvalue weighted by Crippen LogP contribution is -2.35. The van der Waals surface area contributed by atoms with E-state index >= 15 is 0 Å². The van der Waals surface area contributed by atoms with E-state index < -0.39 is 0 Å². The number of pyridine rings is 1. The Morgan fingerprint density at radius 3 is 2.74 bits per heavy atom. The zero-order valence-corrected chi connectivity index (χ0v) is 11.8. The molecule has 0 saturated carbocycles. The number of hydrogen-bond acceptors (Lipinski definition) is 5. The van der Waals surface area contributed by atoms with Crippen LogP contribution in [0.2, 0.25) is 0 Å². The molecule has 0 fully saturated rings. The highest BCUT2D eigenvalue weighted by Crippen LogP contribution is 2.14. The van der Waals surface area contributed by atoms with E-state index in [0.29, 0.717) is 11.7 Å². The van der Waals surface area contributed by atoms with E-state index in [1.165, 1.54) is 0 Å². The van der Waals surface area contributed by atoms with Gasteiger partial charge in [-0.15, -0.1) is 0 Å². The lowest BCUT2D eigenvalue weighted by Gasteiger charge is -2.22. The molecule has 2 rings (SSSR count). The monoisotopic (exact) mass is 259 g/mol. The van der Waals surface area contributed by atoms with Crippen LogP contribution in [0.3, 0.4) is 0 Å². The normalized spacial score (nSPS) is 11.2. The van der Waals surface area contributed by atoms with Gasteiger partial charge in [0.25, 0.3) is 0 Å². The van der Waals surface area contributed by atoms with Crippen molar-refractivity contribution in [2.75, 3.05) is 24.5 Å². The fourth-order valence-electron chi connectivity index (χ4n) is 1.94. The second-order valence-electron chi connectivity index (χ2n) is 4.76. The van der Waals surface area contributed by atoms with Gasteiger partial charge in [-0.25, -0.2) is 9.97 Å². The largest absolute Gasteiger partial charge is 0.356 e. The van der Waals surface area contributed by atoms with Crippen molar-refractivity contribution in [1.82, 2.24) is 20.3 Å². The first-order valence-electron chi connectivity index (χ1n) is 6.76. The fourth-order valence-corrected chi connectivity index (χ4v) is 1.94. The molecule has 1 N–H and O–H groups in total. The van der Waals surface area contributed by atoms with Crippen LogP contribution in [-0.4, -0.2) is 40.6 Å². The van der Waals surface area contributed by atoms with Crippen LogP contribution in [0, 0.1) is 0 Å². The van der Waals surface area contributed by atoms with Gasteiger partial charge in [-0.2, -0.15) is 0 Å². The summed E-state index contributed by atoms with van der Waals surface area (Å²) in [7, 11) is 0. The Hall–Kier alpha value is -1.75. The number of fused-ring (bicyclic) bond motifs is 1. The number of nitrogens with zero attached hydrogens (tertiary/aromatic N) is 4. The maximum absolute atomic E-state index is 4.57. The summed E-state index contributed by atoms with van der Waals surface area (Å²) in [5.41, 5.74) is 1.54. The molecule has 0 aliphatic rings. The van der Waals surface area contributed by atoms with Crippen LogP contribution in [0.1, 0.15) is 20.8 Å². The molecule has 0 unspecified atom stereocenters. The molecule has 2 aromatic heterocycles. The second kappa shape index (κ2) is 6.43. The minimum atomic E-state index is 0.508. The quantitative estimate of drug-likeness (QED) is 0.858. The van der Waals surface area contributed by atoms with Crippen LogP contribution >= 0.6 is 0 Å². The lowest BCUT2D eigenvalue weighted by molar-refractivity contribution is 0.582. The van der Waals surface area contributed by atoms with Crippen molar-refractivity contribution in [2.45, 2.75) is 26.8 Å². The number of anilines is 1. The molecule has 102 valence electrons. The van der Waals surface area contributed by atoms with E-state index in [2.05, 4.69) is 45.9 Å². The Kier molecular flexibility index (Phi) is 4.63. The molecule has 5 nitrogen and oxygen atoms in total. The van der Waals surface area contributed by atoms with Gasteiger partial charge < -0.3 is 10.2 Å². The Bertz CT molecular complexity index is 526. The molecule has 5 heteroatoms. The van der Waals surface area contributed by atoms with Gasteiger partial charge in [0.05, 0.1) is 0 Å². The average Bonchev–Trinajstić information content (AvgIpc) is 2.43. The molecule has 0 amide bonds. The number of likely N-dealkylation sites (N-methyl/N-ethyl adjacent to an activating group) is 1. The van der Waals surface area contributed by atoms with Gasteiger partial charge in [0, 0.05) is 38.1 Å². The van der Waals surface area contributed by atoms with Crippen LogP contribution in [0.25, 0.3) is 11.2 Å². The number of nitrogens with one attached hydrogen (secondary N) is 1. The third-order valence-corrected chi connectivity index (χ3v) is 2.96. The van der Waals surface area contributed by atoms with Crippen LogP contribution in [-0.2, 0) is 0 Å². The van der Waals surface area contributed by atoms with Gasteiger partial charge in [-0.3, -0.25) is 4.98 Å². The third kappa shape index (κ3) is 3.61. The van der Waals surface area contributed by atoms with Gasteiger partial charge in [0.1, 0.15) is 11.3 Å². The van der Waals surface area contributed by atoms with Crippen LogP contribution in [0.15, 0.2) is 24.5 Å². The molecule has 0 atom stereocenters. The van der Waals surface area contributed by atoms with Crippen molar-refractivity contribution in [3.63, 3.8) is 0 Å². The standard InChI is InChI=1S/C14H21N5/c1-4-19(10-9-15-11(2)3)13-6-5-12-14(18-13)17-8-7-16-12/h5-8,11,15H,4,9-10H2,1-3H3. The summed E-state index contributed by atoms with van der Waals surface area (Å²) >= 11 is 0. The molecule has 0 aliphatic heterocycles. The summed E-state index contributed by atoms with van der Waals surface area (Å²) in [5, 5.41) is 3.42. The lowest BCUT2D eigenvalue weighted by atomic mass is 10.3. The molecular weight excluding hydrogens is 238 g/mol. The van der Waals surface area contributed by atoms with E-state index in [0.717, 1.165) is 31.0 Å². The minimum Gasteiger partial charge on any atom is -0.356 e. The van der Waals surface area contributed by atoms with Crippen molar-refractivity contribution < 1.29 is 0 Å². The smallest absolute Gasteiger partial charge is 0.180 e. The van der Waals surface area contributed by atoms with Crippen molar-refractivity contribution in [1.29, 1.82) is 0 Å². The first-order valence-corrected chi connectivity index (χ1v) is 6.76. The van der Waals surface area contributed by atoms with Crippen LogP contribution in [0.4, 0.5) is 5.82 Å². The van der Waals surface area contributed by atoms with Gasteiger partial charge in [-0.1, -0.05) is 13.8 Å². The highest BCUT2D eigenvalue weighted by molar-refractivity contribution is 5.71. The minimum absolute atomic E-state index is 0.508. The van der Waals surface area contributed by atoms with E-state index in [9.17, 15) is 0 Å². The predicted molar refractivity (Wildman–Crippen MR) is 78.4 cm³/mol. The summed E-state index contributed by atoms with van der Waals surface area (Å²) in [6.07, 6.45) is 3.36. The summed E-state index contributed by atoms with van der Waals surface area (Å²) in [4.78, 5) is 15.3. The number of hydrogen-bond donors (Lipinski definition) is 1. The summed E-state index contributed by atoms with van der Waals surface area (Å²) in [6.45, 7) is 9.26. The van der Waals surface area contributed by atoms with Crippen molar-refractivity contribution >= 4 is 17.0 Å². The van der Waals surface area contributed by atoms with Gasteiger partial charge in [-0.05, 0) is 19.1 Å². The number of rotatable bonds is 6. The fraction of sp³-hybridized carbons (Fsp3) is 0.500. The van der Waals surface area contributed by atoms with E-state index in [-0.39, 0.29) is 0 Å². The third-order valence-electron chi connectivity index (χ3n) is 2.96. The van der Waals surface area contributed by atoms with Crippen molar-refractivity contribution in [3.8, 4) is 0 Å². The Morgan fingerprint density at radius 1 is 1.21 bits per heavy atom. The van der Waals surface area contributed by atoms with Gasteiger partial charge in [0.15, 0.2) is 5.65 Å². The van der Waals surface area contributed by atoms with Crippen LogP contribution < -0.4 is 10.2 Å². The molecule has 0 bridgehead atoms. The molecular formula is C14H21N5. The van der Waals surface area contributed by atoms with Crippen molar-refractivity contribution in [3.05, 3.63) is 24.5 Å². The zero-order chi connectivity index (χ0) is 13.7. The maximum Gasteiger partial charge on any atom is 0.180 e. The summed E-state index contributed by atoms with van der Waals surface area (Å²) in [6, 6.07) is 4.49. The average molecular weight is 259 g/mol. The molecule has 0 radical (unpaired) electrons. The summed E-state index contributed by atoms with van der Waals surface area (Å²) < 4.78 is 0. The summed E-state index contributed by atoms with van der Waals surface area (Å²) in [5.74, 6) is 0.959. The Balaban J connectivity index is 2.11.